The van der Waals surface area contributed by atoms with Gasteiger partial charge in [-0.05, 0) is 45.3 Å². The molecule has 0 heterocycles. The van der Waals surface area contributed by atoms with Crippen molar-refractivity contribution in [1.29, 1.82) is 0 Å². The topological polar surface area (TPSA) is 106 Å². The monoisotopic (exact) mass is 305 g/mol. The Kier molecular flexibility index (Phi) is 14.5. The Morgan fingerprint density at radius 3 is 1.24 bits per heavy atom. The van der Waals surface area contributed by atoms with Crippen molar-refractivity contribution >= 4 is 0 Å². The van der Waals surface area contributed by atoms with E-state index in [1.807, 2.05) is 0 Å². The average Bonchev–Trinajstić information content (AvgIpc) is 2.51. The molecule has 0 rings (SSSR count). The smallest absolute Gasteiger partial charge is 0.0566 e. The van der Waals surface area contributed by atoms with Crippen molar-refractivity contribution < 1.29 is 14.2 Å². The number of hydrogen-bond acceptors (Lipinski definition) is 6. The molecular formula is C15H35N3O3. The van der Waals surface area contributed by atoms with Crippen LogP contribution < -0.4 is 17.2 Å². The highest BCUT2D eigenvalue weighted by Crippen LogP contribution is 2.24. The molecule has 0 aliphatic carbocycles. The van der Waals surface area contributed by atoms with Gasteiger partial charge < -0.3 is 31.4 Å². The summed E-state index contributed by atoms with van der Waals surface area (Å²) in [6, 6.07) is 0. The Hall–Kier alpha value is -0.240. The first kappa shape index (κ1) is 20.8. The lowest BCUT2D eigenvalue weighted by Crippen LogP contribution is -2.37. The third kappa shape index (κ3) is 11.0. The molecule has 0 saturated carbocycles. The van der Waals surface area contributed by atoms with E-state index in [1.165, 1.54) is 0 Å². The molecule has 0 spiro atoms. The van der Waals surface area contributed by atoms with E-state index in [0.717, 1.165) is 25.7 Å². The summed E-state index contributed by atoms with van der Waals surface area (Å²) in [7, 11) is 0. The molecule has 6 heteroatoms. The standard InChI is InChI=1S/C15H35N3O3/c1-2-15(12-19-9-3-6-16,13-20-10-4-7-17)14-21-11-5-8-18/h2-14,16-18H2,1H3. The van der Waals surface area contributed by atoms with Crippen LogP contribution in [0.4, 0.5) is 0 Å². The second-order valence-electron chi connectivity index (χ2n) is 5.44. The van der Waals surface area contributed by atoms with Gasteiger partial charge in [-0.1, -0.05) is 6.92 Å². The van der Waals surface area contributed by atoms with E-state index >= 15 is 0 Å². The maximum Gasteiger partial charge on any atom is 0.0566 e. The third-order valence-corrected chi connectivity index (χ3v) is 3.45. The van der Waals surface area contributed by atoms with Crippen LogP contribution in [0.3, 0.4) is 0 Å². The molecular weight excluding hydrogens is 270 g/mol. The van der Waals surface area contributed by atoms with Crippen molar-refractivity contribution in [3.05, 3.63) is 0 Å². The first-order chi connectivity index (χ1) is 10.2. The predicted molar refractivity (Wildman–Crippen MR) is 86.2 cm³/mol. The highest BCUT2D eigenvalue weighted by atomic mass is 16.5. The van der Waals surface area contributed by atoms with Gasteiger partial charge in [0.25, 0.3) is 0 Å². The van der Waals surface area contributed by atoms with Crippen LogP contribution in [0.15, 0.2) is 0 Å². The zero-order valence-corrected chi connectivity index (χ0v) is 13.6. The molecule has 0 aliphatic heterocycles. The van der Waals surface area contributed by atoms with Gasteiger partial charge in [-0.25, -0.2) is 0 Å². The molecule has 128 valence electrons. The molecule has 0 bridgehead atoms. The minimum atomic E-state index is -0.0994. The van der Waals surface area contributed by atoms with Crippen LogP contribution in [0, 0.1) is 5.41 Å². The van der Waals surface area contributed by atoms with Crippen LogP contribution in [0.5, 0.6) is 0 Å². The fraction of sp³-hybridized carbons (Fsp3) is 1.00. The van der Waals surface area contributed by atoms with Crippen molar-refractivity contribution in [2.24, 2.45) is 22.6 Å². The molecule has 6 N–H and O–H groups in total. The van der Waals surface area contributed by atoms with Crippen LogP contribution in [0.25, 0.3) is 0 Å². The average molecular weight is 305 g/mol. The van der Waals surface area contributed by atoms with E-state index in [9.17, 15) is 0 Å². The molecule has 0 atom stereocenters. The van der Waals surface area contributed by atoms with E-state index in [1.54, 1.807) is 0 Å². The molecule has 0 amide bonds. The van der Waals surface area contributed by atoms with Gasteiger partial charge in [-0.2, -0.15) is 0 Å². The third-order valence-electron chi connectivity index (χ3n) is 3.45. The maximum absolute atomic E-state index is 5.76. The minimum absolute atomic E-state index is 0.0994. The summed E-state index contributed by atoms with van der Waals surface area (Å²) in [5.74, 6) is 0. The Morgan fingerprint density at radius 1 is 0.667 bits per heavy atom. The van der Waals surface area contributed by atoms with Gasteiger partial charge in [-0.3, -0.25) is 0 Å². The van der Waals surface area contributed by atoms with Crippen LogP contribution in [0.1, 0.15) is 32.6 Å². The first-order valence-corrected chi connectivity index (χ1v) is 8.08. The zero-order valence-electron chi connectivity index (χ0n) is 13.6. The largest absolute Gasteiger partial charge is 0.381 e. The van der Waals surface area contributed by atoms with Gasteiger partial charge in [0.15, 0.2) is 0 Å². The molecule has 0 aromatic carbocycles. The summed E-state index contributed by atoms with van der Waals surface area (Å²) in [6.45, 7) is 8.05. The van der Waals surface area contributed by atoms with E-state index in [0.29, 0.717) is 59.3 Å². The molecule has 0 saturated heterocycles. The van der Waals surface area contributed by atoms with Gasteiger partial charge in [0.1, 0.15) is 0 Å². The minimum Gasteiger partial charge on any atom is -0.381 e. The van der Waals surface area contributed by atoms with Gasteiger partial charge >= 0.3 is 0 Å². The van der Waals surface area contributed by atoms with Gasteiger partial charge in [0, 0.05) is 25.2 Å². The summed E-state index contributed by atoms with van der Waals surface area (Å²) >= 11 is 0. The summed E-state index contributed by atoms with van der Waals surface area (Å²) in [6.07, 6.45) is 3.58. The quantitative estimate of drug-likeness (QED) is 0.358. The summed E-state index contributed by atoms with van der Waals surface area (Å²) in [5, 5.41) is 0. The number of ether oxygens (including phenoxy) is 3. The lowest BCUT2D eigenvalue weighted by molar-refractivity contribution is -0.0717. The molecule has 0 radical (unpaired) electrons. The van der Waals surface area contributed by atoms with Crippen molar-refractivity contribution in [3.8, 4) is 0 Å². The predicted octanol–water partition coefficient (Wildman–Crippen LogP) is 0.479. The number of nitrogens with two attached hydrogens (primary N) is 3. The van der Waals surface area contributed by atoms with E-state index in [4.69, 9.17) is 31.4 Å². The Bertz CT molecular complexity index is 187. The SMILES string of the molecule is CCC(COCCCN)(COCCCN)COCCCN. The van der Waals surface area contributed by atoms with Gasteiger partial charge in [0.05, 0.1) is 19.8 Å². The molecule has 0 fully saturated rings. The van der Waals surface area contributed by atoms with Crippen LogP contribution in [-0.4, -0.2) is 59.3 Å². The highest BCUT2D eigenvalue weighted by Gasteiger charge is 2.29. The van der Waals surface area contributed by atoms with Crippen LogP contribution >= 0.6 is 0 Å². The molecule has 6 nitrogen and oxygen atoms in total. The molecule has 21 heavy (non-hydrogen) atoms. The number of hydrogen-bond donors (Lipinski definition) is 3. The van der Waals surface area contributed by atoms with E-state index in [-0.39, 0.29) is 5.41 Å². The lowest BCUT2D eigenvalue weighted by atomic mass is 9.88. The molecule has 0 aliphatic rings. The fourth-order valence-electron chi connectivity index (χ4n) is 1.85. The van der Waals surface area contributed by atoms with E-state index in [2.05, 4.69) is 6.92 Å². The second kappa shape index (κ2) is 14.7. The first-order valence-electron chi connectivity index (χ1n) is 8.08. The lowest BCUT2D eigenvalue weighted by Gasteiger charge is -2.32. The maximum atomic E-state index is 5.76. The van der Waals surface area contributed by atoms with Crippen molar-refractivity contribution in [1.82, 2.24) is 0 Å². The van der Waals surface area contributed by atoms with Crippen LogP contribution in [0.2, 0.25) is 0 Å². The fourth-order valence-corrected chi connectivity index (χ4v) is 1.85. The summed E-state index contributed by atoms with van der Waals surface area (Å²) in [4.78, 5) is 0. The van der Waals surface area contributed by atoms with Crippen LogP contribution in [-0.2, 0) is 14.2 Å². The van der Waals surface area contributed by atoms with E-state index < -0.39 is 0 Å². The highest BCUT2D eigenvalue weighted by molar-refractivity contribution is 4.77. The zero-order chi connectivity index (χ0) is 15.8. The van der Waals surface area contributed by atoms with Crippen molar-refractivity contribution in [2.75, 3.05) is 59.3 Å². The second-order valence-corrected chi connectivity index (χ2v) is 5.44. The van der Waals surface area contributed by atoms with Crippen molar-refractivity contribution in [3.63, 3.8) is 0 Å². The summed E-state index contributed by atoms with van der Waals surface area (Å²) < 4.78 is 17.3. The Morgan fingerprint density at radius 2 is 1.00 bits per heavy atom. The summed E-state index contributed by atoms with van der Waals surface area (Å²) in [5.41, 5.74) is 16.4. The van der Waals surface area contributed by atoms with Gasteiger partial charge in [-0.15, -0.1) is 0 Å². The molecule has 0 unspecified atom stereocenters. The number of rotatable bonds is 16. The Labute approximate surface area is 129 Å². The van der Waals surface area contributed by atoms with Gasteiger partial charge in [0.2, 0.25) is 0 Å². The Balaban J connectivity index is 4.22. The van der Waals surface area contributed by atoms with Crippen molar-refractivity contribution in [2.45, 2.75) is 32.6 Å². The molecule has 0 aromatic heterocycles. The molecule has 0 aromatic rings. The normalized spacial score (nSPS) is 12.0.